The summed E-state index contributed by atoms with van der Waals surface area (Å²) in [7, 11) is 0. The molecule has 0 unspecified atom stereocenters. The molecule has 0 saturated heterocycles. The van der Waals surface area contributed by atoms with Crippen LogP contribution in [0.15, 0.2) is 24.3 Å². The molecule has 122 valence electrons. The first kappa shape index (κ1) is 18.4. The van der Waals surface area contributed by atoms with Crippen molar-refractivity contribution in [2.75, 3.05) is 5.32 Å². The molecule has 0 bridgehead atoms. The van der Waals surface area contributed by atoms with Gasteiger partial charge in [-0.25, -0.2) is 0 Å². The second-order valence-corrected chi connectivity index (χ2v) is 6.47. The van der Waals surface area contributed by atoms with Gasteiger partial charge in [0.05, 0.1) is 5.54 Å². The van der Waals surface area contributed by atoms with Crippen LogP contribution in [0, 0.1) is 0 Å². The molecule has 0 aromatic heterocycles. The lowest BCUT2D eigenvalue weighted by Crippen LogP contribution is -2.40. The number of hydrogen-bond donors (Lipinski definition) is 1. The van der Waals surface area contributed by atoms with Crippen molar-refractivity contribution in [3.05, 3.63) is 29.8 Å². The molecule has 0 aliphatic heterocycles. The van der Waals surface area contributed by atoms with Crippen LogP contribution in [0.2, 0.25) is 0 Å². The smallest absolute Gasteiger partial charge is 0.159 e. The number of nitrogens with one attached hydrogen (secondary N) is 1. The zero-order valence-electron chi connectivity index (χ0n) is 14.4. The van der Waals surface area contributed by atoms with E-state index in [0.717, 1.165) is 18.5 Å². The van der Waals surface area contributed by atoms with Gasteiger partial charge in [-0.2, -0.15) is 0 Å². The number of anilines is 1. The van der Waals surface area contributed by atoms with Gasteiger partial charge in [0, 0.05) is 17.7 Å². The maximum atomic E-state index is 12.4. The molecule has 3 nitrogen and oxygen atoms in total. The fraction of sp³-hybridized carbons (Fsp3) is 0.579. The van der Waals surface area contributed by atoms with Crippen LogP contribution in [0.4, 0.5) is 5.69 Å². The number of carbonyl (C=O) groups excluding carboxylic acids is 2. The average Bonchev–Trinajstić information content (AvgIpc) is 2.47. The Bertz CT molecular complexity index is 489. The minimum Gasteiger partial charge on any atom is -0.373 e. The Labute approximate surface area is 134 Å². The molecular weight excluding hydrogens is 274 g/mol. The first-order valence-electron chi connectivity index (χ1n) is 8.29. The fourth-order valence-electron chi connectivity index (χ4n) is 2.42. The quantitative estimate of drug-likeness (QED) is 0.488. The minimum atomic E-state index is -0.581. The normalized spacial score (nSPS) is 11.3. The van der Waals surface area contributed by atoms with E-state index in [-0.39, 0.29) is 11.6 Å². The molecule has 0 heterocycles. The first-order valence-corrected chi connectivity index (χ1v) is 8.29. The fourth-order valence-corrected chi connectivity index (χ4v) is 2.42. The third kappa shape index (κ3) is 6.00. The van der Waals surface area contributed by atoms with Gasteiger partial charge in [0.2, 0.25) is 0 Å². The molecular formula is C19H29NO2. The third-order valence-corrected chi connectivity index (χ3v) is 3.95. The highest BCUT2D eigenvalue weighted by atomic mass is 16.1. The zero-order chi connectivity index (χ0) is 16.6. The zero-order valence-corrected chi connectivity index (χ0v) is 14.4. The molecule has 0 fully saturated rings. The van der Waals surface area contributed by atoms with Crippen LogP contribution >= 0.6 is 0 Å². The molecule has 1 aromatic carbocycles. The monoisotopic (exact) mass is 303 g/mol. The second kappa shape index (κ2) is 8.72. The van der Waals surface area contributed by atoms with Gasteiger partial charge in [-0.15, -0.1) is 0 Å². The molecule has 22 heavy (non-hydrogen) atoms. The average molecular weight is 303 g/mol. The summed E-state index contributed by atoms with van der Waals surface area (Å²) in [5.41, 5.74) is 0.975. The van der Waals surface area contributed by atoms with Crippen molar-refractivity contribution in [3.8, 4) is 0 Å². The van der Waals surface area contributed by atoms with Crippen molar-refractivity contribution in [1.82, 2.24) is 0 Å². The molecule has 0 radical (unpaired) electrons. The summed E-state index contributed by atoms with van der Waals surface area (Å²) in [5.74, 6) is 0.286. The Balaban J connectivity index is 2.50. The first-order chi connectivity index (χ1) is 10.4. The number of benzene rings is 1. The van der Waals surface area contributed by atoms with Gasteiger partial charge in [-0.1, -0.05) is 32.6 Å². The predicted octanol–water partition coefficient (Wildman–Crippen LogP) is 5.01. The summed E-state index contributed by atoms with van der Waals surface area (Å²) in [6.45, 7) is 7.57. The number of unbranched alkanes of at least 4 members (excludes halogenated alkanes) is 4. The molecule has 0 saturated carbocycles. The lowest BCUT2D eigenvalue weighted by Gasteiger charge is -2.26. The van der Waals surface area contributed by atoms with Gasteiger partial charge < -0.3 is 5.32 Å². The number of rotatable bonds is 10. The van der Waals surface area contributed by atoms with Crippen molar-refractivity contribution in [1.29, 1.82) is 0 Å². The minimum absolute atomic E-state index is 0.0500. The van der Waals surface area contributed by atoms with Crippen LogP contribution in [0.5, 0.6) is 0 Å². The molecule has 1 aromatic rings. The number of Topliss-reactive ketones (excluding diaryl/α,β-unsaturated/α-hetero) is 2. The topological polar surface area (TPSA) is 46.2 Å². The molecule has 0 atom stereocenters. The highest BCUT2D eigenvalue weighted by molar-refractivity contribution is 5.94. The number of ketones is 2. The molecule has 0 aliphatic rings. The predicted molar refractivity (Wildman–Crippen MR) is 92.5 cm³/mol. The van der Waals surface area contributed by atoms with Gasteiger partial charge in [0.25, 0.3) is 0 Å². The lowest BCUT2D eigenvalue weighted by atomic mass is 9.94. The van der Waals surface area contributed by atoms with Gasteiger partial charge >= 0.3 is 0 Å². The van der Waals surface area contributed by atoms with Crippen LogP contribution in [-0.2, 0) is 4.79 Å². The van der Waals surface area contributed by atoms with Gasteiger partial charge in [-0.05, 0) is 51.5 Å². The van der Waals surface area contributed by atoms with E-state index in [2.05, 4.69) is 12.2 Å². The van der Waals surface area contributed by atoms with Crippen LogP contribution in [0.25, 0.3) is 0 Å². The van der Waals surface area contributed by atoms with Gasteiger partial charge in [-0.3, -0.25) is 9.59 Å². The molecule has 0 amide bonds. The summed E-state index contributed by atoms with van der Waals surface area (Å²) in [5, 5.41) is 3.28. The molecule has 1 N–H and O–H groups in total. The van der Waals surface area contributed by atoms with Crippen LogP contribution in [-0.4, -0.2) is 17.1 Å². The Morgan fingerprint density at radius 1 is 1.00 bits per heavy atom. The van der Waals surface area contributed by atoms with Crippen molar-refractivity contribution < 1.29 is 9.59 Å². The lowest BCUT2D eigenvalue weighted by molar-refractivity contribution is -0.122. The number of carbonyl (C=O) groups is 2. The van der Waals surface area contributed by atoms with E-state index < -0.39 is 5.54 Å². The van der Waals surface area contributed by atoms with Gasteiger partial charge in [0.15, 0.2) is 11.6 Å². The van der Waals surface area contributed by atoms with E-state index in [1.165, 1.54) is 19.3 Å². The summed E-state index contributed by atoms with van der Waals surface area (Å²) in [4.78, 5) is 23.6. The SMILES string of the molecule is CCCCCCCC(=O)C(C)(C)Nc1ccc(C(C)=O)cc1. The largest absolute Gasteiger partial charge is 0.373 e. The van der Waals surface area contributed by atoms with Crippen molar-refractivity contribution >= 4 is 17.3 Å². The van der Waals surface area contributed by atoms with Crippen molar-refractivity contribution in [3.63, 3.8) is 0 Å². The molecule has 1 rings (SSSR count). The highest BCUT2D eigenvalue weighted by Crippen LogP contribution is 2.19. The standard InChI is InChI=1S/C19H29NO2/c1-5-6-7-8-9-10-18(22)19(3,4)20-17-13-11-16(12-14-17)15(2)21/h11-14,20H,5-10H2,1-4H3. The highest BCUT2D eigenvalue weighted by Gasteiger charge is 2.26. The van der Waals surface area contributed by atoms with Gasteiger partial charge in [0.1, 0.15) is 0 Å². The maximum Gasteiger partial charge on any atom is 0.159 e. The van der Waals surface area contributed by atoms with E-state index in [1.54, 1.807) is 19.1 Å². The molecule has 0 spiro atoms. The third-order valence-electron chi connectivity index (χ3n) is 3.95. The Hall–Kier alpha value is -1.64. The summed E-state index contributed by atoms with van der Waals surface area (Å²) in [6, 6.07) is 7.28. The summed E-state index contributed by atoms with van der Waals surface area (Å²) in [6.07, 6.45) is 6.39. The van der Waals surface area contributed by atoms with E-state index in [1.807, 2.05) is 26.0 Å². The van der Waals surface area contributed by atoms with E-state index >= 15 is 0 Å². The Morgan fingerprint density at radius 2 is 1.59 bits per heavy atom. The molecule has 0 aliphatic carbocycles. The van der Waals surface area contributed by atoms with Crippen LogP contribution in [0.1, 0.15) is 76.6 Å². The number of hydrogen-bond acceptors (Lipinski definition) is 3. The summed E-state index contributed by atoms with van der Waals surface area (Å²) < 4.78 is 0. The van der Waals surface area contributed by atoms with Crippen LogP contribution in [0.3, 0.4) is 0 Å². The van der Waals surface area contributed by atoms with E-state index in [4.69, 9.17) is 0 Å². The van der Waals surface area contributed by atoms with Crippen molar-refractivity contribution in [2.24, 2.45) is 0 Å². The van der Waals surface area contributed by atoms with E-state index in [9.17, 15) is 9.59 Å². The molecule has 3 heteroatoms. The second-order valence-electron chi connectivity index (χ2n) is 6.47. The van der Waals surface area contributed by atoms with Crippen LogP contribution < -0.4 is 5.32 Å². The van der Waals surface area contributed by atoms with E-state index in [0.29, 0.717) is 12.0 Å². The Morgan fingerprint density at radius 3 is 2.14 bits per heavy atom. The summed E-state index contributed by atoms with van der Waals surface area (Å²) >= 11 is 0. The maximum absolute atomic E-state index is 12.4. The van der Waals surface area contributed by atoms with Crippen molar-refractivity contribution in [2.45, 2.75) is 71.8 Å². The Kier molecular flexibility index (Phi) is 7.30.